The summed E-state index contributed by atoms with van der Waals surface area (Å²) in [6, 6.07) is 17.1. The van der Waals surface area contributed by atoms with Crippen LogP contribution in [0, 0.1) is 13.8 Å². The number of carbonyl (C=O) groups excluding carboxylic acids is 2. The van der Waals surface area contributed by atoms with Gasteiger partial charge in [-0.05, 0) is 30.5 Å². The van der Waals surface area contributed by atoms with Crippen LogP contribution in [0.15, 0.2) is 59.0 Å². The largest absolute Gasteiger partial charge is 0.436 e. The molecule has 146 valence electrons. The molecule has 1 fully saturated rings. The Hall–Kier alpha value is -3.41. The zero-order valence-corrected chi connectivity index (χ0v) is 16.3. The van der Waals surface area contributed by atoms with Crippen molar-refractivity contribution in [1.29, 1.82) is 0 Å². The van der Waals surface area contributed by atoms with Gasteiger partial charge in [0.05, 0.1) is 11.7 Å². The SMILES string of the molecule is Cc1nc(C)c(C(=O)N2CC[C@]3(C(=O)Nc4ccccc43)[C@@H]2c2ccccc2)o1. The number of oxazole rings is 1. The number of fused-ring (bicyclic) bond motifs is 2. The highest BCUT2D eigenvalue weighted by molar-refractivity contribution is 6.08. The Morgan fingerprint density at radius 1 is 1.14 bits per heavy atom. The summed E-state index contributed by atoms with van der Waals surface area (Å²) in [5, 5.41) is 3.03. The molecule has 6 heteroatoms. The third kappa shape index (κ3) is 2.45. The van der Waals surface area contributed by atoms with Gasteiger partial charge in [-0.2, -0.15) is 0 Å². The van der Waals surface area contributed by atoms with Gasteiger partial charge in [-0.1, -0.05) is 48.5 Å². The highest BCUT2D eigenvalue weighted by atomic mass is 16.4. The van der Waals surface area contributed by atoms with Gasteiger partial charge in [0.25, 0.3) is 5.91 Å². The quantitative estimate of drug-likeness (QED) is 0.726. The zero-order valence-electron chi connectivity index (χ0n) is 16.3. The fourth-order valence-electron chi connectivity index (χ4n) is 4.86. The lowest BCUT2D eigenvalue weighted by atomic mass is 9.72. The second kappa shape index (κ2) is 6.30. The molecule has 2 atom stereocenters. The van der Waals surface area contributed by atoms with Crippen molar-refractivity contribution in [3.8, 4) is 0 Å². The van der Waals surface area contributed by atoms with Gasteiger partial charge in [-0.15, -0.1) is 0 Å². The number of likely N-dealkylation sites (tertiary alicyclic amines) is 1. The van der Waals surface area contributed by atoms with Crippen molar-refractivity contribution < 1.29 is 14.0 Å². The summed E-state index contributed by atoms with van der Waals surface area (Å²) >= 11 is 0. The summed E-state index contributed by atoms with van der Waals surface area (Å²) in [5.74, 6) is 0.409. The molecular weight excluding hydrogens is 366 g/mol. The van der Waals surface area contributed by atoms with Crippen LogP contribution in [-0.4, -0.2) is 28.2 Å². The average molecular weight is 387 g/mol. The Morgan fingerprint density at radius 2 is 1.86 bits per heavy atom. The van der Waals surface area contributed by atoms with E-state index in [-0.39, 0.29) is 17.6 Å². The summed E-state index contributed by atoms with van der Waals surface area (Å²) in [4.78, 5) is 32.8. The third-order valence-electron chi connectivity index (χ3n) is 6.06. The molecule has 1 N–H and O–H groups in total. The number of carbonyl (C=O) groups is 2. The van der Waals surface area contributed by atoms with Gasteiger partial charge in [0.15, 0.2) is 5.89 Å². The van der Waals surface area contributed by atoms with Gasteiger partial charge >= 0.3 is 0 Å². The van der Waals surface area contributed by atoms with E-state index >= 15 is 0 Å². The standard InChI is InChI=1S/C23H21N3O3/c1-14-19(29-15(2)24-14)21(27)26-13-12-23(20(26)16-8-4-3-5-9-16)17-10-6-7-11-18(17)25-22(23)28/h3-11,20H,12-13H2,1-2H3,(H,25,28)/t20-,23+/m0/s1. The first-order valence-electron chi connectivity index (χ1n) is 9.73. The molecule has 1 saturated heterocycles. The number of anilines is 1. The number of amides is 2. The molecule has 0 radical (unpaired) electrons. The molecule has 0 bridgehead atoms. The number of nitrogens with one attached hydrogen (secondary N) is 1. The summed E-state index contributed by atoms with van der Waals surface area (Å²) in [7, 11) is 0. The Bertz CT molecular complexity index is 1120. The van der Waals surface area contributed by atoms with Crippen molar-refractivity contribution in [2.45, 2.75) is 31.7 Å². The van der Waals surface area contributed by atoms with Crippen molar-refractivity contribution in [3.05, 3.63) is 83.1 Å². The molecule has 6 nitrogen and oxygen atoms in total. The Kier molecular flexibility index (Phi) is 3.84. The summed E-state index contributed by atoms with van der Waals surface area (Å²) in [5.41, 5.74) is 2.44. The predicted molar refractivity (Wildman–Crippen MR) is 108 cm³/mol. The van der Waals surface area contributed by atoms with Crippen LogP contribution >= 0.6 is 0 Å². The number of aromatic nitrogens is 1. The van der Waals surface area contributed by atoms with Gasteiger partial charge in [0, 0.05) is 19.2 Å². The van der Waals surface area contributed by atoms with Crippen LogP contribution in [0.1, 0.15) is 45.7 Å². The van der Waals surface area contributed by atoms with E-state index in [0.717, 1.165) is 16.8 Å². The molecular formula is C23H21N3O3. The second-order valence-electron chi connectivity index (χ2n) is 7.68. The van der Waals surface area contributed by atoms with Crippen molar-refractivity contribution in [3.63, 3.8) is 0 Å². The van der Waals surface area contributed by atoms with Gasteiger partial charge in [-0.25, -0.2) is 4.98 Å². The van der Waals surface area contributed by atoms with E-state index in [1.165, 1.54) is 0 Å². The van der Waals surface area contributed by atoms with Crippen LogP contribution < -0.4 is 5.32 Å². The third-order valence-corrected chi connectivity index (χ3v) is 6.06. The molecule has 1 spiro atoms. The van der Waals surface area contributed by atoms with Gasteiger partial charge in [0.1, 0.15) is 5.41 Å². The molecule has 3 heterocycles. The monoisotopic (exact) mass is 387 g/mol. The lowest BCUT2D eigenvalue weighted by molar-refractivity contribution is -0.121. The van der Waals surface area contributed by atoms with E-state index in [9.17, 15) is 9.59 Å². The first-order chi connectivity index (χ1) is 14.0. The topological polar surface area (TPSA) is 75.4 Å². The van der Waals surface area contributed by atoms with Gasteiger partial charge in [0.2, 0.25) is 11.7 Å². The molecule has 2 aliphatic rings. The minimum Gasteiger partial charge on any atom is -0.436 e. The fourth-order valence-corrected chi connectivity index (χ4v) is 4.86. The number of para-hydroxylation sites is 1. The van der Waals surface area contributed by atoms with Crippen LogP contribution in [0.25, 0.3) is 0 Å². The zero-order chi connectivity index (χ0) is 20.2. The van der Waals surface area contributed by atoms with E-state index in [2.05, 4.69) is 10.3 Å². The lowest BCUT2D eigenvalue weighted by Crippen LogP contribution is -2.42. The Morgan fingerprint density at radius 3 is 2.59 bits per heavy atom. The number of hydrogen-bond acceptors (Lipinski definition) is 4. The predicted octanol–water partition coefficient (Wildman–Crippen LogP) is 3.77. The van der Waals surface area contributed by atoms with E-state index in [1.807, 2.05) is 54.6 Å². The van der Waals surface area contributed by atoms with E-state index < -0.39 is 11.5 Å². The molecule has 0 aliphatic carbocycles. The van der Waals surface area contributed by atoms with Crippen molar-refractivity contribution >= 4 is 17.5 Å². The normalized spacial score (nSPS) is 22.8. The van der Waals surface area contributed by atoms with Crippen LogP contribution in [0.2, 0.25) is 0 Å². The van der Waals surface area contributed by atoms with E-state index in [1.54, 1.807) is 18.7 Å². The van der Waals surface area contributed by atoms with Crippen LogP contribution in [0.5, 0.6) is 0 Å². The highest BCUT2D eigenvalue weighted by Gasteiger charge is 2.59. The van der Waals surface area contributed by atoms with Crippen LogP contribution in [0.3, 0.4) is 0 Å². The van der Waals surface area contributed by atoms with Crippen molar-refractivity contribution in [1.82, 2.24) is 9.88 Å². The number of nitrogens with zero attached hydrogens (tertiary/aromatic N) is 2. The van der Waals surface area contributed by atoms with E-state index in [0.29, 0.717) is 24.6 Å². The molecule has 2 aromatic carbocycles. The maximum Gasteiger partial charge on any atom is 0.292 e. The molecule has 5 rings (SSSR count). The minimum atomic E-state index is -0.823. The molecule has 3 aromatic rings. The maximum atomic E-state index is 13.5. The van der Waals surface area contributed by atoms with Gasteiger partial charge < -0.3 is 14.6 Å². The first-order valence-corrected chi connectivity index (χ1v) is 9.73. The second-order valence-corrected chi connectivity index (χ2v) is 7.68. The highest BCUT2D eigenvalue weighted by Crippen LogP contribution is 2.54. The van der Waals surface area contributed by atoms with Crippen molar-refractivity contribution in [2.24, 2.45) is 0 Å². The number of aryl methyl sites for hydroxylation is 2. The van der Waals surface area contributed by atoms with Crippen molar-refractivity contribution in [2.75, 3.05) is 11.9 Å². The maximum absolute atomic E-state index is 13.5. The van der Waals surface area contributed by atoms with E-state index in [4.69, 9.17) is 4.42 Å². The van der Waals surface area contributed by atoms with Gasteiger partial charge in [-0.3, -0.25) is 9.59 Å². The minimum absolute atomic E-state index is 0.0617. The number of benzene rings is 2. The summed E-state index contributed by atoms with van der Waals surface area (Å²) < 4.78 is 5.62. The summed E-state index contributed by atoms with van der Waals surface area (Å²) in [6.07, 6.45) is 0.549. The molecule has 0 unspecified atom stereocenters. The molecule has 0 saturated carbocycles. The fraction of sp³-hybridized carbons (Fsp3) is 0.261. The molecule has 29 heavy (non-hydrogen) atoms. The van der Waals surface area contributed by atoms with Crippen LogP contribution in [-0.2, 0) is 10.2 Å². The smallest absolute Gasteiger partial charge is 0.292 e. The Labute approximate surface area is 168 Å². The number of rotatable bonds is 2. The molecule has 2 amide bonds. The molecule has 2 aliphatic heterocycles. The average Bonchev–Trinajstić information content (AvgIpc) is 3.37. The summed E-state index contributed by atoms with van der Waals surface area (Å²) in [6.45, 7) is 3.95. The Balaban J connectivity index is 1.68. The van der Waals surface area contributed by atoms with Crippen LogP contribution in [0.4, 0.5) is 5.69 Å². The molecule has 1 aromatic heterocycles. The first kappa shape index (κ1) is 17.7. The lowest BCUT2D eigenvalue weighted by Gasteiger charge is -2.34. The number of hydrogen-bond donors (Lipinski definition) is 1.